The van der Waals surface area contributed by atoms with Crippen molar-refractivity contribution in [2.75, 3.05) is 31.7 Å². The van der Waals surface area contributed by atoms with Gasteiger partial charge in [0, 0.05) is 6.54 Å². The Labute approximate surface area is 92.9 Å². The lowest BCUT2D eigenvalue weighted by Gasteiger charge is -2.06. The highest BCUT2D eigenvalue weighted by Crippen LogP contribution is 2.04. The van der Waals surface area contributed by atoms with E-state index in [9.17, 15) is 4.79 Å². The minimum Gasteiger partial charge on any atom is -0.477 e. The molecule has 0 radical (unpaired) electrons. The number of ether oxygens (including phenoxy) is 1. The van der Waals surface area contributed by atoms with Gasteiger partial charge < -0.3 is 20.3 Å². The molecule has 0 amide bonds. The third-order valence-electron chi connectivity index (χ3n) is 1.76. The molecule has 0 spiro atoms. The number of anilines is 1. The lowest BCUT2D eigenvalue weighted by Crippen LogP contribution is -2.13. The van der Waals surface area contributed by atoms with E-state index in [1.54, 1.807) is 12.1 Å². The van der Waals surface area contributed by atoms with Crippen LogP contribution in [-0.2, 0) is 4.74 Å². The molecule has 0 aliphatic heterocycles. The molecule has 1 heterocycles. The van der Waals surface area contributed by atoms with Gasteiger partial charge in [-0.15, -0.1) is 0 Å². The van der Waals surface area contributed by atoms with Gasteiger partial charge in [0.2, 0.25) is 0 Å². The van der Waals surface area contributed by atoms with E-state index in [0.717, 1.165) is 0 Å². The van der Waals surface area contributed by atoms with Gasteiger partial charge in [-0.25, -0.2) is 9.78 Å². The van der Waals surface area contributed by atoms with Crippen LogP contribution in [0.25, 0.3) is 0 Å². The molecule has 0 aromatic carbocycles. The predicted molar refractivity (Wildman–Crippen MR) is 57.6 cm³/mol. The second-order valence-electron chi connectivity index (χ2n) is 2.98. The van der Waals surface area contributed by atoms with Gasteiger partial charge in [-0.2, -0.15) is 0 Å². The standard InChI is InChI=1S/C10H14N2O4/c13-5-7-16-6-4-11-9-3-1-2-8(12-9)10(14)15/h1-3,13H,4-7H2,(H,11,12)(H,14,15). The minimum absolute atomic E-state index is 0.00118. The van der Waals surface area contributed by atoms with Gasteiger partial charge in [0.05, 0.1) is 19.8 Å². The molecule has 0 aliphatic rings. The van der Waals surface area contributed by atoms with Crippen molar-refractivity contribution >= 4 is 11.8 Å². The Kier molecular flexibility index (Phi) is 5.24. The second kappa shape index (κ2) is 6.76. The van der Waals surface area contributed by atoms with Crippen molar-refractivity contribution < 1.29 is 19.7 Å². The van der Waals surface area contributed by atoms with Gasteiger partial charge in [-0.3, -0.25) is 0 Å². The van der Waals surface area contributed by atoms with Gasteiger partial charge in [0.1, 0.15) is 5.82 Å². The predicted octanol–water partition coefficient (Wildman–Crippen LogP) is 0.201. The fourth-order valence-corrected chi connectivity index (χ4v) is 1.07. The SMILES string of the molecule is O=C(O)c1cccc(NCCOCCO)n1. The summed E-state index contributed by atoms with van der Waals surface area (Å²) in [5, 5.41) is 20.1. The molecule has 0 bridgehead atoms. The zero-order valence-electron chi connectivity index (χ0n) is 8.72. The van der Waals surface area contributed by atoms with Gasteiger partial charge in [-0.05, 0) is 12.1 Å². The Morgan fingerprint density at radius 3 is 2.94 bits per heavy atom. The lowest BCUT2D eigenvalue weighted by atomic mass is 10.3. The summed E-state index contributed by atoms with van der Waals surface area (Å²) in [6.45, 7) is 1.23. The van der Waals surface area contributed by atoms with Gasteiger partial charge >= 0.3 is 5.97 Å². The summed E-state index contributed by atoms with van der Waals surface area (Å²) in [4.78, 5) is 14.5. The molecule has 1 aromatic heterocycles. The number of nitrogens with one attached hydrogen (secondary N) is 1. The van der Waals surface area contributed by atoms with E-state index in [1.165, 1.54) is 6.07 Å². The van der Waals surface area contributed by atoms with Crippen molar-refractivity contribution in [1.82, 2.24) is 4.98 Å². The van der Waals surface area contributed by atoms with E-state index in [0.29, 0.717) is 25.6 Å². The Hall–Kier alpha value is -1.66. The first kappa shape index (κ1) is 12.4. The van der Waals surface area contributed by atoms with Gasteiger partial charge in [-0.1, -0.05) is 6.07 Å². The number of hydrogen-bond acceptors (Lipinski definition) is 5. The number of aromatic carboxylic acids is 1. The third-order valence-corrected chi connectivity index (χ3v) is 1.76. The van der Waals surface area contributed by atoms with Gasteiger partial charge in [0.25, 0.3) is 0 Å². The number of pyridine rings is 1. The first-order chi connectivity index (χ1) is 7.74. The number of carbonyl (C=O) groups is 1. The van der Waals surface area contributed by atoms with E-state index >= 15 is 0 Å². The van der Waals surface area contributed by atoms with Gasteiger partial charge in [0.15, 0.2) is 5.69 Å². The molecule has 0 unspecified atom stereocenters. The van der Waals surface area contributed by atoms with Crippen LogP contribution < -0.4 is 5.32 Å². The molecule has 16 heavy (non-hydrogen) atoms. The number of hydrogen-bond donors (Lipinski definition) is 3. The molecule has 88 valence electrons. The summed E-state index contributed by atoms with van der Waals surface area (Å²) < 4.78 is 5.03. The van der Waals surface area contributed by atoms with Crippen LogP contribution in [0.3, 0.4) is 0 Å². The number of rotatable bonds is 7. The molecule has 0 atom stereocenters. The van der Waals surface area contributed by atoms with Crippen LogP contribution in [0.2, 0.25) is 0 Å². The van der Waals surface area contributed by atoms with E-state index in [2.05, 4.69) is 10.3 Å². The Balaban J connectivity index is 2.36. The van der Waals surface area contributed by atoms with Crippen LogP contribution >= 0.6 is 0 Å². The zero-order chi connectivity index (χ0) is 11.8. The Bertz CT molecular complexity index is 343. The highest BCUT2D eigenvalue weighted by molar-refractivity contribution is 5.85. The first-order valence-corrected chi connectivity index (χ1v) is 4.87. The quantitative estimate of drug-likeness (QED) is 0.575. The average Bonchev–Trinajstić information content (AvgIpc) is 2.29. The van der Waals surface area contributed by atoms with Crippen molar-refractivity contribution in [3.63, 3.8) is 0 Å². The highest BCUT2D eigenvalue weighted by Gasteiger charge is 2.04. The lowest BCUT2D eigenvalue weighted by molar-refractivity contribution is 0.0690. The van der Waals surface area contributed by atoms with E-state index in [1.807, 2.05) is 0 Å². The van der Waals surface area contributed by atoms with Crippen LogP contribution in [0.5, 0.6) is 0 Å². The molecule has 0 saturated carbocycles. The summed E-state index contributed by atoms with van der Waals surface area (Å²) in [6.07, 6.45) is 0. The summed E-state index contributed by atoms with van der Waals surface area (Å²) in [5.41, 5.74) is 0.00118. The van der Waals surface area contributed by atoms with Crippen molar-refractivity contribution in [3.05, 3.63) is 23.9 Å². The summed E-state index contributed by atoms with van der Waals surface area (Å²) in [6, 6.07) is 4.72. The van der Waals surface area contributed by atoms with Crippen LogP contribution in [0.4, 0.5) is 5.82 Å². The first-order valence-electron chi connectivity index (χ1n) is 4.87. The van der Waals surface area contributed by atoms with E-state index in [-0.39, 0.29) is 12.3 Å². The molecule has 1 rings (SSSR count). The Morgan fingerprint density at radius 1 is 1.44 bits per heavy atom. The van der Waals surface area contributed by atoms with Crippen molar-refractivity contribution in [1.29, 1.82) is 0 Å². The monoisotopic (exact) mass is 226 g/mol. The average molecular weight is 226 g/mol. The topological polar surface area (TPSA) is 91.7 Å². The molecule has 0 aliphatic carbocycles. The maximum absolute atomic E-state index is 10.6. The molecule has 0 fully saturated rings. The number of aliphatic hydroxyl groups excluding tert-OH is 1. The zero-order valence-corrected chi connectivity index (χ0v) is 8.72. The van der Waals surface area contributed by atoms with Crippen molar-refractivity contribution in [3.8, 4) is 0 Å². The number of carboxylic acid groups (broad SMARTS) is 1. The highest BCUT2D eigenvalue weighted by atomic mass is 16.5. The third kappa shape index (κ3) is 4.24. The largest absolute Gasteiger partial charge is 0.477 e. The Morgan fingerprint density at radius 2 is 2.25 bits per heavy atom. The molecular formula is C10H14N2O4. The summed E-state index contributed by atoms with van der Waals surface area (Å²) >= 11 is 0. The number of carboxylic acids is 1. The summed E-state index contributed by atoms with van der Waals surface area (Å²) in [5.74, 6) is -0.562. The van der Waals surface area contributed by atoms with E-state index < -0.39 is 5.97 Å². The van der Waals surface area contributed by atoms with E-state index in [4.69, 9.17) is 14.9 Å². The maximum atomic E-state index is 10.6. The number of nitrogens with zero attached hydrogens (tertiary/aromatic N) is 1. The molecule has 3 N–H and O–H groups in total. The van der Waals surface area contributed by atoms with Crippen molar-refractivity contribution in [2.24, 2.45) is 0 Å². The van der Waals surface area contributed by atoms with Crippen molar-refractivity contribution in [2.45, 2.75) is 0 Å². The number of aliphatic hydroxyl groups is 1. The molecule has 1 aromatic rings. The summed E-state index contributed by atoms with van der Waals surface area (Å²) in [7, 11) is 0. The van der Waals surface area contributed by atoms with Crippen LogP contribution in [0.1, 0.15) is 10.5 Å². The smallest absolute Gasteiger partial charge is 0.354 e. The fourth-order valence-electron chi connectivity index (χ4n) is 1.07. The molecule has 6 heteroatoms. The van der Waals surface area contributed by atoms with Crippen LogP contribution in [-0.4, -0.2) is 47.5 Å². The normalized spacial score (nSPS) is 10.1. The molecule has 0 saturated heterocycles. The molecule has 6 nitrogen and oxygen atoms in total. The number of aromatic nitrogens is 1. The minimum atomic E-state index is -1.06. The van der Waals surface area contributed by atoms with Crippen LogP contribution in [0, 0.1) is 0 Å². The fraction of sp³-hybridized carbons (Fsp3) is 0.400. The maximum Gasteiger partial charge on any atom is 0.354 e. The molecular weight excluding hydrogens is 212 g/mol. The second-order valence-corrected chi connectivity index (χ2v) is 2.98. The van der Waals surface area contributed by atoms with Crippen LogP contribution in [0.15, 0.2) is 18.2 Å².